The first-order chi connectivity index (χ1) is 10.2. The molecule has 0 aliphatic carbocycles. The highest BCUT2D eigenvalue weighted by molar-refractivity contribution is 5.14. The van der Waals surface area contributed by atoms with Gasteiger partial charge in [-0.05, 0) is 37.3 Å². The molecule has 0 amide bonds. The second kappa shape index (κ2) is 8.52. The summed E-state index contributed by atoms with van der Waals surface area (Å²) in [4.78, 5) is 2.54. The van der Waals surface area contributed by atoms with Crippen molar-refractivity contribution in [1.29, 1.82) is 0 Å². The predicted molar refractivity (Wildman–Crippen MR) is 88.5 cm³/mol. The van der Waals surface area contributed by atoms with E-state index in [2.05, 4.69) is 54.4 Å². The van der Waals surface area contributed by atoms with E-state index in [1.54, 1.807) is 0 Å². The summed E-state index contributed by atoms with van der Waals surface area (Å²) < 4.78 is 0. The number of nitrogens with zero attached hydrogens (tertiary/aromatic N) is 1. The van der Waals surface area contributed by atoms with Crippen molar-refractivity contribution in [3.8, 4) is 0 Å². The molecule has 2 unspecified atom stereocenters. The Morgan fingerprint density at radius 3 is 2.71 bits per heavy atom. The molecular weight excluding hydrogens is 260 g/mol. The molecule has 0 spiro atoms. The SMILES string of the molecule is CC(C)CC(CO)NC1CCN(CCc2ccccc2)C1. The van der Waals surface area contributed by atoms with Gasteiger partial charge in [-0.15, -0.1) is 0 Å². The van der Waals surface area contributed by atoms with Crippen molar-refractivity contribution in [3.63, 3.8) is 0 Å². The molecular formula is C18H30N2O. The smallest absolute Gasteiger partial charge is 0.0584 e. The van der Waals surface area contributed by atoms with Crippen LogP contribution in [-0.2, 0) is 6.42 Å². The van der Waals surface area contributed by atoms with E-state index in [1.165, 1.54) is 18.5 Å². The standard InChI is InChI=1S/C18H30N2O/c1-15(2)12-18(14-21)19-17-9-11-20(13-17)10-8-16-6-4-3-5-7-16/h3-7,15,17-19,21H,8-14H2,1-2H3. The van der Waals surface area contributed by atoms with Crippen LogP contribution in [0.5, 0.6) is 0 Å². The van der Waals surface area contributed by atoms with Crippen LogP contribution in [0.25, 0.3) is 0 Å². The normalized spacial score (nSPS) is 21.0. The number of nitrogens with one attached hydrogen (secondary N) is 1. The third-order valence-corrected chi connectivity index (χ3v) is 4.28. The molecule has 1 saturated heterocycles. The molecule has 1 aromatic rings. The highest BCUT2D eigenvalue weighted by Crippen LogP contribution is 2.13. The summed E-state index contributed by atoms with van der Waals surface area (Å²) in [5.41, 5.74) is 1.42. The first-order valence-corrected chi connectivity index (χ1v) is 8.30. The second-order valence-electron chi connectivity index (χ2n) is 6.70. The highest BCUT2D eigenvalue weighted by atomic mass is 16.3. The van der Waals surface area contributed by atoms with Crippen molar-refractivity contribution in [2.45, 2.75) is 45.2 Å². The van der Waals surface area contributed by atoms with Gasteiger partial charge in [0.15, 0.2) is 0 Å². The van der Waals surface area contributed by atoms with Crippen LogP contribution in [0, 0.1) is 5.92 Å². The summed E-state index contributed by atoms with van der Waals surface area (Å²) in [5, 5.41) is 13.1. The van der Waals surface area contributed by atoms with Crippen LogP contribution in [-0.4, -0.2) is 48.3 Å². The molecule has 2 N–H and O–H groups in total. The van der Waals surface area contributed by atoms with Crippen LogP contribution >= 0.6 is 0 Å². The Morgan fingerprint density at radius 2 is 2.05 bits per heavy atom. The number of rotatable bonds is 8. The minimum atomic E-state index is 0.249. The first kappa shape index (κ1) is 16.5. The van der Waals surface area contributed by atoms with Gasteiger partial charge in [-0.3, -0.25) is 0 Å². The van der Waals surface area contributed by atoms with Crippen LogP contribution in [0.3, 0.4) is 0 Å². The lowest BCUT2D eigenvalue weighted by atomic mass is 10.0. The molecule has 2 atom stereocenters. The molecule has 1 aliphatic heterocycles. The van der Waals surface area contributed by atoms with Gasteiger partial charge in [0.2, 0.25) is 0 Å². The van der Waals surface area contributed by atoms with Crippen molar-refractivity contribution in [2.75, 3.05) is 26.2 Å². The van der Waals surface area contributed by atoms with Crippen molar-refractivity contribution < 1.29 is 5.11 Å². The lowest BCUT2D eigenvalue weighted by Crippen LogP contribution is -2.42. The zero-order valence-electron chi connectivity index (χ0n) is 13.5. The number of hydrogen-bond donors (Lipinski definition) is 2. The molecule has 21 heavy (non-hydrogen) atoms. The van der Waals surface area contributed by atoms with Crippen molar-refractivity contribution in [1.82, 2.24) is 10.2 Å². The van der Waals surface area contributed by atoms with Crippen molar-refractivity contribution in [3.05, 3.63) is 35.9 Å². The molecule has 0 radical (unpaired) electrons. The monoisotopic (exact) mass is 290 g/mol. The zero-order chi connectivity index (χ0) is 15.1. The largest absolute Gasteiger partial charge is 0.395 e. The van der Waals surface area contributed by atoms with Crippen molar-refractivity contribution in [2.24, 2.45) is 5.92 Å². The fourth-order valence-corrected chi connectivity index (χ4v) is 3.20. The predicted octanol–water partition coefficient (Wildman–Crippen LogP) is 2.30. The fraction of sp³-hybridized carbons (Fsp3) is 0.667. The van der Waals surface area contributed by atoms with Gasteiger partial charge < -0.3 is 15.3 Å². The number of likely N-dealkylation sites (tertiary alicyclic amines) is 1. The van der Waals surface area contributed by atoms with Gasteiger partial charge >= 0.3 is 0 Å². The van der Waals surface area contributed by atoms with E-state index in [0.717, 1.165) is 25.9 Å². The maximum atomic E-state index is 9.48. The van der Waals surface area contributed by atoms with Gasteiger partial charge in [-0.2, -0.15) is 0 Å². The highest BCUT2D eigenvalue weighted by Gasteiger charge is 2.24. The minimum Gasteiger partial charge on any atom is -0.395 e. The fourth-order valence-electron chi connectivity index (χ4n) is 3.20. The number of aliphatic hydroxyl groups is 1. The van der Waals surface area contributed by atoms with Gasteiger partial charge in [0.05, 0.1) is 6.61 Å². The molecule has 1 fully saturated rings. The minimum absolute atomic E-state index is 0.249. The summed E-state index contributed by atoms with van der Waals surface area (Å²) >= 11 is 0. The summed E-state index contributed by atoms with van der Waals surface area (Å²) in [7, 11) is 0. The second-order valence-corrected chi connectivity index (χ2v) is 6.70. The average Bonchev–Trinajstić information content (AvgIpc) is 2.92. The van der Waals surface area contributed by atoms with E-state index in [1.807, 2.05) is 0 Å². The Labute approximate surface area is 129 Å². The molecule has 118 valence electrons. The van der Waals surface area contributed by atoms with E-state index >= 15 is 0 Å². The van der Waals surface area contributed by atoms with E-state index in [4.69, 9.17) is 0 Å². The quantitative estimate of drug-likeness (QED) is 0.771. The summed E-state index contributed by atoms with van der Waals surface area (Å²) in [6.07, 6.45) is 3.38. The van der Waals surface area contributed by atoms with Crippen molar-refractivity contribution >= 4 is 0 Å². The molecule has 1 heterocycles. The summed E-state index contributed by atoms with van der Waals surface area (Å²) in [6.45, 7) is 8.09. The summed E-state index contributed by atoms with van der Waals surface area (Å²) in [5.74, 6) is 0.630. The lowest BCUT2D eigenvalue weighted by Gasteiger charge is -2.23. The third kappa shape index (κ3) is 5.77. The van der Waals surface area contributed by atoms with E-state index in [9.17, 15) is 5.11 Å². The molecule has 2 rings (SSSR count). The molecule has 0 bridgehead atoms. The molecule has 1 aliphatic rings. The number of hydrogen-bond acceptors (Lipinski definition) is 3. The van der Waals surface area contributed by atoms with Gasteiger partial charge in [0, 0.05) is 25.2 Å². The lowest BCUT2D eigenvalue weighted by molar-refractivity contribution is 0.211. The molecule has 3 heteroatoms. The summed E-state index contributed by atoms with van der Waals surface area (Å²) in [6, 6.07) is 11.5. The van der Waals surface area contributed by atoms with Gasteiger partial charge in [0.25, 0.3) is 0 Å². The van der Waals surface area contributed by atoms with Gasteiger partial charge in [-0.25, -0.2) is 0 Å². The van der Waals surface area contributed by atoms with E-state index in [0.29, 0.717) is 12.0 Å². The first-order valence-electron chi connectivity index (χ1n) is 8.30. The zero-order valence-corrected chi connectivity index (χ0v) is 13.5. The average molecular weight is 290 g/mol. The van der Waals surface area contributed by atoms with Gasteiger partial charge in [-0.1, -0.05) is 44.2 Å². The number of benzene rings is 1. The van der Waals surface area contributed by atoms with Crippen LogP contribution in [0.4, 0.5) is 0 Å². The van der Waals surface area contributed by atoms with Crippen LogP contribution in [0.1, 0.15) is 32.3 Å². The maximum absolute atomic E-state index is 9.48. The number of aliphatic hydroxyl groups excluding tert-OH is 1. The Kier molecular flexibility index (Phi) is 6.68. The molecule has 0 aromatic heterocycles. The van der Waals surface area contributed by atoms with Crippen LogP contribution < -0.4 is 5.32 Å². The Bertz CT molecular complexity index is 393. The Hall–Kier alpha value is -0.900. The third-order valence-electron chi connectivity index (χ3n) is 4.28. The molecule has 0 saturated carbocycles. The Balaban J connectivity index is 1.70. The Morgan fingerprint density at radius 1 is 1.29 bits per heavy atom. The van der Waals surface area contributed by atoms with Crippen LogP contribution in [0.2, 0.25) is 0 Å². The van der Waals surface area contributed by atoms with E-state index < -0.39 is 0 Å². The molecule has 3 nitrogen and oxygen atoms in total. The van der Waals surface area contributed by atoms with Crippen LogP contribution in [0.15, 0.2) is 30.3 Å². The maximum Gasteiger partial charge on any atom is 0.0584 e. The topological polar surface area (TPSA) is 35.5 Å². The molecule has 1 aromatic carbocycles. The van der Waals surface area contributed by atoms with E-state index in [-0.39, 0.29) is 12.6 Å². The van der Waals surface area contributed by atoms with Gasteiger partial charge in [0.1, 0.15) is 0 Å².